The van der Waals surface area contributed by atoms with Gasteiger partial charge in [0.25, 0.3) is 0 Å². The summed E-state index contributed by atoms with van der Waals surface area (Å²) < 4.78 is -0.648. The first-order valence-corrected chi connectivity index (χ1v) is 6.54. The number of rotatable bonds is 8. The van der Waals surface area contributed by atoms with Gasteiger partial charge in [0.05, 0.1) is 10.00 Å². The molecule has 0 bridgehead atoms. The fourth-order valence-electron chi connectivity index (χ4n) is 1.53. The number of carbonyl (C=O) groups excluding carboxylic acids is 2. The van der Waals surface area contributed by atoms with Gasteiger partial charge < -0.3 is 11.5 Å². The Bertz CT molecular complexity index is 258. The SMILES string of the molecule is CCCCC(CC)(SC(C)C(N)=O)C(N)=O. The zero-order valence-corrected chi connectivity index (χ0v) is 11.1. The summed E-state index contributed by atoms with van der Waals surface area (Å²) in [4.78, 5) is 22.6. The fraction of sp³-hybridized carbons (Fsp3) is 0.818. The molecule has 2 unspecified atom stereocenters. The zero-order chi connectivity index (χ0) is 12.8. The van der Waals surface area contributed by atoms with Gasteiger partial charge in [0, 0.05) is 0 Å². The lowest BCUT2D eigenvalue weighted by Crippen LogP contribution is -2.43. The first-order chi connectivity index (χ1) is 7.39. The van der Waals surface area contributed by atoms with Crippen LogP contribution in [0.4, 0.5) is 0 Å². The van der Waals surface area contributed by atoms with E-state index in [1.807, 2.05) is 6.92 Å². The van der Waals surface area contributed by atoms with Gasteiger partial charge in [0.15, 0.2) is 0 Å². The van der Waals surface area contributed by atoms with Gasteiger partial charge in [-0.3, -0.25) is 9.59 Å². The van der Waals surface area contributed by atoms with Crippen molar-refractivity contribution < 1.29 is 9.59 Å². The molecular weight excluding hydrogens is 224 g/mol. The molecule has 0 radical (unpaired) electrons. The number of hydrogen-bond acceptors (Lipinski definition) is 3. The Morgan fingerprint density at radius 3 is 2.19 bits per heavy atom. The number of amides is 2. The van der Waals surface area contributed by atoms with Gasteiger partial charge in [0.2, 0.25) is 11.8 Å². The molecule has 0 aliphatic rings. The minimum Gasteiger partial charge on any atom is -0.369 e. The van der Waals surface area contributed by atoms with Crippen LogP contribution < -0.4 is 11.5 Å². The van der Waals surface area contributed by atoms with Crippen molar-refractivity contribution >= 4 is 23.6 Å². The summed E-state index contributed by atoms with van der Waals surface area (Å²) in [6.45, 7) is 5.69. The van der Waals surface area contributed by atoms with Crippen LogP contribution in [0, 0.1) is 0 Å². The standard InChI is InChI=1S/C11H22N2O2S/c1-4-6-7-11(5-2,10(13)15)16-8(3)9(12)14/h8H,4-7H2,1-3H3,(H2,12,14)(H2,13,15). The van der Waals surface area contributed by atoms with Crippen LogP contribution in [0.5, 0.6) is 0 Å². The van der Waals surface area contributed by atoms with Crippen LogP contribution in [0.25, 0.3) is 0 Å². The maximum Gasteiger partial charge on any atom is 0.233 e. The molecule has 16 heavy (non-hydrogen) atoms. The molecule has 0 heterocycles. The highest BCUT2D eigenvalue weighted by Gasteiger charge is 2.37. The number of hydrogen-bond donors (Lipinski definition) is 2. The lowest BCUT2D eigenvalue weighted by atomic mass is 9.97. The van der Waals surface area contributed by atoms with E-state index in [0.29, 0.717) is 12.8 Å². The summed E-state index contributed by atoms with van der Waals surface area (Å²) >= 11 is 1.30. The Kier molecular flexibility index (Phi) is 6.48. The molecule has 2 atom stereocenters. The summed E-state index contributed by atoms with van der Waals surface area (Å²) in [7, 11) is 0. The van der Waals surface area contributed by atoms with E-state index in [-0.39, 0.29) is 11.2 Å². The van der Waals surface area contributed by atoms with Crippen LogP contribution >= 0.6 is 11.8 Å². The van der Waals surface area contributed by atoms with Crippen molar-refractivity contribution in [2.75, 3.05) is 0 Å². The monoisotopic (exact) mass is 246 g/mol. The number of primary amides is 2. The summed E-state index contributed by atoms with van der Waals surface area (Å²) in [6.07, 6.45) is 3.26. The van der Waals surface area contributed by atoms with Crippen molar-refractivity contribution in [1.82, 2.24) is 0 Å². The number of unbranched alkanes of at least 4 members (excludes halogenated alkanes) is 1. The normalized spacial score (nSPS) is 16.4. The molecule has 0 spiro atoms. The average molecular weight is 246 g/mol. The van der Waals surface area contributed by atoms with E-state index in [1.54, 1.807) is 6.92 Å². The Hall–Kier alpha value is -0.710. The van der Waals surface area contributed by atoms with E-state index >= 15 is 0 Å². The molecule has 4 nitrogen and oxygen atoms in total. The molecule has 0 aliphatic heterocycles. The lowest BCUT2D eigenvalue weighted by molar-refractivity contribution is -0.120. The van der Waals surface area contributed by atoms with Gasteiger partial charge in [-0.2, -0.15) is 0 Å². The highest BCUT2D eigenvalue weighted by atomic mass is 32.2. The highest BCUT2D eigenvalue weighted by Crippen LogP contribution is 2.37. The molecule has 0 rings (SSSR count). The largest absolute Gasteiger partial charge is 0.369 e. The molecule has 0 aromatic rings. The molecule has 0 fully saturated rings. The molecule has 0 aromatic carbocycles. The topological polar surface area (TPSA) is 86.2 Å². The van der Waals surface area contributed by atoms with Crippen molar-refractivity contribution in [3.05, 3.63) is 0 Å². The van der Waals surface area contributed by atoms with Crippen LogP contribution in [0.3, 0.4) is 0 Å². The van der Waals surface area contributed by atoms with Gasteiger partial charge in [-0.05, 0) is 19.8 Å². The van der Waals surface area contributed by atoms with Crippen molar-refractivity contribution in [2.24, 2.45) is 11.5 Å². The second kappa shape index (κ2) is 6.78. The van der Waals surface area contributed by atoms with E-state index in [1.165, 1.54) is 11.8 Å². The molecule has 0 saturated heterocycles. The molecule has 0 aliphatic carbocycles. The van der Waals surface area contributed by atoms with Crippen LogP contribution in [0.1, 0.15) is 46.5 Å². The van der Waals surface area contributed by atoms with E-state index in [2.05, 4.69) is 6.92 Å². The third kappa shape index (κ3) is 4.04. The third-order valence-electron chi connectivity index (χ3n) is 2.76. The Morgan fingerprint density at radius 1 is 1.31 bits per heavy atom. The van der Waals surface area contributed by atoms with Crippen LogP contribution in [-0.4, -0.2) is 21.8 Å². The fourth-order valence-corrected chi connectivity index (χ4v) is 2.87. The predicted molar refractivity (Wildman–Crippen MR) is 68.0 cm³/mol. The van der Waals surface area contributed by atoms with Crippen LogP contribution in [-0.2, 0) is 9.59 Å². The minimum absolute atomic E-state index is 0.346. The van der Waals surface area contributed by atoms with Gasteiger partial charge >= 0.3 is 0 Å². The van der Waals surface area contributed by atoms with E-state index in [4.69, 9.17) is 11.5 Å². The first kappa shape index (κ1) is 15.3. The van der Waals surface area contributed by atoms with Gasteiger partial charge in [-0.15, -0.1) is 11.8 Å². The first-order valence-electron chi connectivity index (χ1n) is 5.66. The second-order valence-corrected chi connectivity index (χ2v) is 5.70. The molecular formula is C11H22N2O2S. The van der Waals surface area contributed by atoms with Crippen molar-refractivity contribution in [1.29, 1.82) is 0 Å². The van der Waals surface area contributed by atoms with E-state index < -0.39 is 10.7 Å². The summed E-state index contributed by atoms with van der Waals surface area (Å²) in [6, 6.07) is 0. The van der Waals surface area contributed by atoms with Crippen LogP contribution in [0.2, 0.25) is 0 Å². The van der Waals surface area contributed by atoms with Crippen LogP contribution in [0.15, 0.2) is 0 Å². The van der Waals surface area contributed by atoms with Gasteiger partial charge in [-0.1, -0.05) is 26.7 Å². The smallest absolute Gasteiger partial charge is 0.233 e. The number of carbonyl (C=O) groups is 2. The minimum atomic E-state index is -0.648. The van der Waals surface area contributed by atoms with Crippen molar-refractivity contribution in [3.63, 3.8) is 0 Å². The number of thioether (sulfide) groups is 1. The van der Waals surface area contributed by atoms with Crippen molar-refractivity contribution in [2.45, 2.75) is 56.5 Å². The maximum absolute atomic E-state index is 11.6. The average Bonchev–Trinajstić information content (AvgIpc) is 2.23. The Morgan fingerprint density at radius 2 is 1.88 bits per heavy atom. The maximum atomic E-state index is 11.6. The van der Waals surface area contributed by atoms with Gasteiger partial charge in [-0.25, -0.2) is 0 Å². The number of nitrogens with two attached hydrogens (primary N) is 2. The van der Waals surface area contributed by atoms with E-state index in [9.17, 15) is 9.59 Å². The molecule has 94 valence electrons. The summed E-state index contributed by atoms with van der Waals surface area (Å²) in [5, 5.41) is -0.385. The molecule has 4 N–H and O–H groups in total. The Balaban J connectivity index is 4.75. The summed E-state index contributed by atoms with van der Waals surface area (Å²) in [5.41, 5.74) is 10.7. The van der Waals surface area contributed by atoms with Gasteiger partial charge in [0.1, 0.15) is 0 Å². The zero-order valence-electron chi connectivity index (χ0n) is 10.3. The molecule has 0 aromatic heterocycles. The van der Waals surface area contributed by atoms with E-state index in [0.717, 1.165) is 12.8 Å². The predicted octanol–water partition coefficient (Wildman–Crippen LogP) is 1.42. The summed E-state index contributed by atoms with van der Waals surface area (Å²) in [5.74, 6) is -0.748. The molecule has 0 saturated carbocycles. The third-order valence-corrected chi connectivity index (χ3v) is 4.49. The van der Waals surface area contributed by atoms with Crippen molar-refractivity contribution in [3.8, 4) is 0 Å². The lowest BCUT2D eigenvalue weighted by Gasteiger charge is -2.30. The quantitative estimate of drug-likeness (QED) is 0.679. The highest BCUT2D eigenvalue weighted by molar-refractivity contribution is 8.02. The molecule has 5 heteroatoms. The second-order valence-electron chi connectivity index (χ2n) is 3.98. The molecule has 2 amide bonds. The Labute approximate surface area is 102 Å².